The smallest absolute Gasteiger partial charge is 0.400 e. The quantitative estimate of drug-likeness (QED) is 0.808. The number of hydrogen-bond acceptors (Lipinski definition) is 5. The van der Waals surface area contributed by atoms with E-state index in [1.54, 1.807) is 0 Å². The molecule has 152 valence electrons. The molecule has 0 radical (unpaired) electrons. The molecular formula is C21H33B2NO4. The summed E-state index contributed by atoms with van der Waals surface area (Å²) in [6.45, 7) is 16.8. The van der Waals surface area contributed by atoms with Crippen LogP contribution in [0.15, 0.2) is 29.7 Å². The van der Waals surface area contributed by atoms with Crippen molar-refractivity contribution >= 4 is 25.8 Å². The summed E-state index contributed by atoms with van der Waals surface area (Å²) in [6, 6.07) is 8.15. The third-order valence-corrected chi connectivity index (χ3v) is 6.61. The zero-order valence-corrected chi connectivity index (χ0v) is 18.5. The number of hydrogen-bond donors (Lipinski definition) is 1. The molecule has 0 unspecified atom stereocenters. The molecule has 2 N–H and O–H groups in total. The van der Waals surface area contributed by atoms with Crippen LogP contribution >= 0.6 is 0 Å². The maximum absolute atomic E-state index is 6.13. The van der Waals surface area contributed by atoms with Crippen molar-refractivity contribution in [1.82, 2.24) is 0 Å². The summed E-state index contributed by atoms with van der Waals surface area (Å²) in [6.07, 6.45) is 2.04. The Kier molecular flexibility index (Phi) is 5.39. The summed E-state index contributed by atoms with van der Waals surface area (Å²) in [5, 5.41) is 0. The molecule has 0 amide bonds. The lowest BCUT2D eigenvalue weighted by Crippen LogP contribution is -2.41. The Morgan fingerprint density at radius 2 is 1.21 bits per heavy atom. The van der Waals surface area contributed by atoms with Crippen LogP contribution in [0.1, 0.15) is 61.0 Å². The van der Waals surface area contributed by atoms with Gasteiger partial charge < -0.3 is 24.4 Å². The average Bonchev–Trinajstić information content (AvgIpc) is 2.92. The summed E-state index contributed by atoms with van der Waals surface area (Å²) < 4.78 is 24.5. The fourth-order valence-corrected chi connectivity index (χ4v) is 3.16. The van der Waals surface area contributed by atoms with E-state index in [0.29, 0.717) is 6.54 Å². The second kappa shape index (κ2) is 6.99. The van der Waals surface area contributed by atoms with Gasteiger partial charge in [-0.1, -0.05) is 30.3 Å². The van der Waals surface area contributed by atoms with E-state index in [0.717, 1.165) is 16.5 Å². The van der Waals surface area contributed by atoms with E-state index in [1.165, 1.54) is 0 Å². The highest BCUT2D eigenvalue weighted by Gasteiger charge is 2.53. The van der Waals surface area contributed by atoms with Gasteiger partial charge in [-0.15, -0.1) is 0 Å². The van der Waals surface area contributed by atoms with Gasteiger partial charge in [-0.25, -0.2) is 0 Å². The fourth-order valence-electron chi connectivity index (χ4n) is 3.16. The highest BCUT2D eigenvalue weighted by atomic mass is 16.7. The van der Waals surface area contributed by atoms with E-state index in [4.69, 9.17) is 24.4 Å². The summed E-state index contributed by atoms with van der Waals surface area (Å²) in [4.78, 5) is 0. The first-order valence-corrected chi connectivity index (χ1v) is 10.00. The van der Waals surface area contributed by atoms with E-state index < -0.39 is 7.12 Å². The van der Waals surface area contributed by atoms with E-state index in [2.05, 4.69) is 27.7 Å². The van der Waals surface area contributed by atoms with Crippen LogP contribution in [0.2, 0.25) is 0 Å². The van der Waals surface area contributed by atoms with Crippen LogP contribution in [-0.4, -0.2) is 43.2 Å². The van der Waals surface area contributed by atoms with Gasteiger partial charge in [0.05, 0.1) is 22.4 Å². The minimum atomic E-state index is -0.433. The SMILES string of the molecule is CC1(C)OB(C(=Cc2ccc(B3OC(C)(C)C(C)(C)O3)cc2)CN)OC1(C)C. The molecule has 0 aromatic heterocycles. The van der Waals surface area contributed by atoms with Crippen molar-refractivity contribution in [3.63, 3.8) is 0 Å². The van der Waals surface area contributed by atoms with Crippen LogP contribution in [0, 0.1) is 0 Å². The topological polar surface area (TPSA) is 62.9 Å². The minimum absolute atomic E-state index is 0.348. The molecule has 28 heavy (non-hydrogen) atoms. The van der Waals surface area contributed by atoms with Crippen molar-refractivity contribution in [1.29, 1.82) is 0 Å². The Hall–Kier alpha value is -1.11. The summed E-state index contributed by atoms with van der Waals surface area (Å²) >= 11 is 0. The molecular weight excluding hydrogens is 352 g/mol. The lowest BCUT2D eigenvalue weighted by molar-refractivity contribution is 0.00578. The third-order valence-electron chi connectivity index (χ3n) is 6.61. The zero-order valence-electron chi connectivity index (χ0n) is 18.5. The van der Waals surface area contributed by atoms with Crippen molar-refractivity contribution in [2.45, 2.75) is 77.8 Å². The molecule has 0 spiro atoms. The summed E-state index contributed by atoms with van der Waals surface area (Å²) in [5.74, 6) is 0. The van der Waals surface area contributed by atoms with Crippen LogP contribution < -0.4 is 11.2 Å². The molecule has 0 atom stereocenters. The molecule has 1 aromatic rings. The van der Waals surface area contributed by atoms with Gasteiger partial charge >= 0.3 is 14.2 Å². The standard InChI is InChI=1S/C21H33B2NO4/c1-18(2)19(3,4)26-22(25-18)16-11-9-15(10-12-16)13-17(14-24)23-27-20(5,6)21(7,8)28-23/h9-13H,14,24H2,1-8H3. The zero-order chi connectivity index (χ0) is 21.0. The first-order valence-electron chi connectivity index (χ1n) is 10.00. The number of nitrogens with two attached hydrogens (primary N) is 1. The first kappa shape index (κ1) is 21.6. The monoisotopic (exact) mass is 385 g/mol. The van der Waals surface area contributed by atoms with Gasteiger partial charge in [0.15, 0.2) is 0 Å². The Morgan fingerprint density at radius 3 is 1.64 bits per heavy atom. The van der Waals surface area contributed by atoms with Crippen molar-refractivity contribution < 1.29 is 18.6 Å². The van der Waals surface area contributed by atoms with Gasteiger partial charge in [-0.05, 0) is 71.9 Å². The second-order valence-corrected chi connectivity index (χ2v) is 9.77. The molecule has 0 saturated carbocycles. The Balaban J connectivity index is 1.76. The highest BCUT2D eigenvalue weighted by molar-refractivity contribution is 6.62. The normalized spacial score (nSPS) is 25.4. The Morgan fingerprint density at radius 1 is 0.786 bits per heavy atom. The number of benzene rings is 1. The second-order valence-electron chi connectivity index (χ2n) is 9.77. The molecule has 1 aromatic carbocycles. The lowest BCUT2D eigenvalue weighted by Gasteiger charge is -2.32. The van der Waals surface area contributed by atoms with Crippen LogP contribution in [0.3, 0.4) is 0 Å². The molecule has 5 nitrogen and oxygen atoms in total. The predicted molar refractivity (Wildman–Crippen MR) is 115 cm³/mol. The van der Waals surface area contributed by atoms with Gasteiger partial charge in [0, 0.05) is 6.54 Å². The summed E-state index contributed by atoms with van der Waals surface area (Å²) in [5.41, 5.74) is 7.50. The molecule has 2 fully saturated rings. The maximum atomic E-state index is 6.13. The molecule has 2 aliphatic heterocycles. The first-order chi connectivity index (χ1) is 12.8. The van der Waals surface area contributed by atoms with Gasteiger partial charge in [0.1, 0.15) is 0 Å². The van der Waals surface area contributed by atoms with Crippen LogP contribution in [-0.2, 0) is 18.6 Å². The molecule has 0 bridgehead atoms. The molecule has 3 rings (SSSR count). The highest BCUT2D eigenvalue weighted by Crippen LogP contribution is 2.39. The van der Waals surface area contributed by atoms with Crippen LogP contribution in [0.5, 0.6) is 0 Å². The molecule has 7 heteroatoms. The average molecular weight is 385 g/mol. The van der Waals surface area contributed by atoms with E-state index in [-0.39, 0.29) is 29.5 Å². The Bertz CT molecular complexity index is 724. The van der Waals surface area contributed by atoms with Crippen LogP contribution in [0.4, 0.5) is 0 Å². The van der Waals surface area contributed by atoms with Crippen molar-refractivity contribution in [2.75, 3.05) is 6.54 Å². The summed E-state index contributed by atoms with van der Waals surface area (Å²) in [7, 11) is -0.794. The van der Waals surface area contributed by atoms with Crippen molar-refractivity contribution in [3.05, 3.63) is 35.3 Å². The van der Waals surface area contributed by atoms with Crippen molar-refractivity contribution in [3.8, 4) is 0 Å². The third kappa shape index (κ3) is 3.83. The van der Waals surface area contributed by atoms with Gasteiger partial charge in [-0.2, -0.15) is 0 Å². The molecule has 2 heterocycles. The lowest BCUT2D eigenvalue weighted by atomic mass is 9.76. The van der Waals surface area contributed by atoms with E-state index >= 15 is 0 Å². The van der Waals surface area contributed by atoms with E-state index in [9.17, 15) is 0 Å². The van der Waals surface area contributed by atoms with Gasteiger partial charge in [0.2, 0.25) is 0 Å². The largest absolute Gasteiger partial charge is 0.494 e. The molecule has 2 aliphatic rings. The van der Waals surface area contributed by atoms with Crippen molar-refractivity contribution in [2.24, 2.45) is 5.73 Å². The molecule has 0 aliphatic carbocycles. The number of rotatable bonds is 4. The van der Waals surface area contributed by atoms with Crippen LogP contribution in [0.25, 0.3) is 6.08 Å². The fraction of sp³-hybridized carbons (Fsp3) is 0.619. The Labute approximate surface area is 170 Å². The van der Waals surface area contributed by atoms with E-state index in [1.807, 2.05) is 58.0 Å². The maximum Gasteiger partial charge on any atom is 0.494 e. The van der Waals surface area contributed by atoms with Gasteiger partial charge in [-0.3, -0.25) is 0 Å². The molecule has 2 saturated heterocycles. The van der Waals surface area contributed by atoms with Gasteiger partial charge in [0.25, 0.3) is 0 Å². The minimum Gasteiger partial charge on any atom is -0.400 e. The predicted octanol–water partition coefficient (Wildman–Crippen LogP) is 2.96.